The molecule has 0 spiro atoms. The Labute approximate surface area is 153 Å². The monoisotopic (exact) mass is 380 g/mol. The van der Waals surface area contributed by atoms with Crippen molar-refractivity contribution in [2.45, 2.75) is 12.1 Å². The van der Waals surface area contributed by atoms with Crippen molar-refractivity contribution < 1.29 is 9.59 Å². The fourth-order valence-electron chi connectivity index (χ4n) is 1.46. The molecule has 0 aliphatic carbocycles. The number of rotatable bonds is 13. The van der Waals surface area contributed by atoms with Crippen molar-refractivity contribution in [3.8, 4) is 0 Å². The Morgan fingerprint density at radius 1 is 0.833 bits per heavy atom. The molecule has 24 heavy (non-hydrogen) atoms. The maximum Gasteiger partial charge on any atom is 0.237 e. The fraction of sp³-hybridized carbons (Fsp3) is 0.857. The van der Waals surface area contributed by atoms with Crippen LogP contribution < -0.4 is 22.1 Å². The lowest BCUT2D eigenvalue weighted by Crippen LogP contribution is -2.44. The number of nitrogens with zero attached hydrogens (tertiary/aromatic N) is 2. The number of likely N-dealkylation sites (N-methyl/N-ethyl adjacent to an activating group) is 2. The van der Waals surface area contributed by atoms with Crippen LogP contribution in [0.1, 0.15) is 0 Å². The number of nitrogens with one attached hydrogen (secondary N) is 2. The number of hydrogen-bond acceptors (Lipinski definition) is 8. The molecule has 2 amide bonds. The summed E-state index contributed by atoms with van der Waals surface area (Å²) in [6, 6.07) is -1.12. The quantitative estimate of drug-likeness (QED) is 0.222. The Balaban J connectivity index is 3.75. The van der Waals surface area contributed by atoms with E-state index in [4.69, 9.17) is 11.5 Å². The van der Waals surface area contributed by atoms with Gasteiger partial charge in [0.1, 0.15) is 0 Å². The van der Waals surface area contributed by atoms with E-state index in [0.29, 0.717) is 24.6 Å². The van der Waals surface area contributed by atoms with E-state index in [1.165, 1.54) is 21.6 Å². The van der Waals surface area contributed by atoms with Crippen LogP contribution >= 0.6 is 21.6 Å². The molecule has 0 saturated carbocycles. The Morgan fingerprint density at radius 2 is 1.17 bits per heavy atom. The summed E-state index contributed by atoms with van der Waals surface area (Å²) in [6.45, 7) is 2.71. The zero-order valence-electron chi connectivity index (χ0n) is 15.1. The van der Waals surface area contributed by atoms with Crippen molar-refractivity contribution in [3.63, 3.8) is 0 Å². The van der Waals surface area contributed by atoms with Gasteiger partial charge >= 0.3 is 0 Å². The predicted octanol–water partition coefficient (Wildman–Crippen LogP) is -1.62. The van der Waals surface area contributed by atoms with Gasteiger partial charge in [0, 0.05) is 37.7 Å². The van der Waals surface area contributed by atoms with Crippen LogP contribution in [0.15, 0.2) is 0 Å². The average molecular weight is 381 g/mol. The van der Waals surface area contributed by atoms with E-state index >= 15 is 0 Å². The Bertz CT molecular complexity index is 337. The van der Waals surface area contributed by atoms with E-state index in [1.54, 1.807) is 0 Å². The van der Waals surface area contributed by atoms with Crippen LogP contribution in [0.3, 0.4) is 0 Å². The van der Waals surface area contributed by atoms with Crippen LogP contribution in [0.2, 0.25) is 0 Å². The van der Waals surface area contributed by atoms with Crippen molar-refractivity contribution in [2.24, 2.45) is 11.5 Å². The van der Waals surface area contributed by atoms with Crippen LogP contribution in [-0.4, -0.2) is 99.6 Å². The van der Waals surface area contributed by atoms with Gasteiger partial charge in [0.05, 0.1) is 12.1 Å². The van der Waals surface area contributed by atoms with Gasteiger partial charge in [-0.05, 0) is 28.2 Å². The van der Waals surface area contributed by atoms with Crippen molar-refractivity contribution in [1.82, 2.24) is 20.4 Å². The molecule has 2 atom stereocenters. The Morgan fingerprint density at radius 3 is 1.46 bits per heavy atom. The van der Waals surface area contributed by atoms with E-state index in [-0.39, 0.29) is 11.8 Å². The predicted molar refractivity (Wildman–Crippen MR) is 104 cm³/mol. The summed E-state index contributed by atoms with van der Waals surface area (Å²) in [5.41, 5.74) is 11.7. The third-order valence-corrected chi connectivity index (χ3v) is 5.44. The van der Waals surface area contributed by atoms with Gasteiger partial charge in [-0.15, -0.1) is 0 Å². The number of amides is 2. The second kappa shape index (κ2) is 13.7. The first kappa shape index (κ1) is 23.5. The topological polar surface area (TPSA) is 117 Å². The molecule has 0 heterocycles. The van der Waals surface area contributed by atoms with Gasteiger partial charge in [0.15, 0.2) is 0 Å². The van der Waals surface area contributed by atoms with E-state index in [9.17, 15) is 9.59 Å². The summed E-state index contributed by atoms with van der Waals surface area (Å²) in [4.78, 5) is 27.5. The minimum atomic E-state index is -0.560. The highest BCUT2D eigenvalue weighted by atomic mass is 33.1. The van der Waals surface area contributed by atoms with Gasteiger partial charge in [-0.25, -0.2) is 0 Å². The molecule has 0 radical (unpaired) electrons. The molecule has 8 nitrogen and oxygen atoms in total. The molecule has 0 saturated heterocycles. The minimum absolute atomic E-state index is 0.157. The Hall–Kier alpha value is -0.520. The molecule has 0 aliphatic rings. The summed E-state index contributed by atoms with van der Waals surface area (Å²) < 4.78 is 0. The summed E-state index contributed by atoms with van der Waals surface area (Å²) in [6.07, 6.45) is 0. The molecule has 2 unspecified atom stereocenters. The lowest BCUT2D eigenvalue weighted by Gasteiger charge is -2.15. The summed E-state index contributed by atoms with van der Waals surface area (Å²) in [5.74, 6) is 0.646. The van der Waals surface area contributed by atoms with Crippen LogP contribution in [0.25, 0.3) is 0 Å². The molecule has 0 aromatic heterocycles. The van der Waals surface area contributed by atoms with E-state index in [1.807, 2.05) is 38.0 Å². The van der Waals surface area contributed by atoms with Crippen molar-refractivity contribution in [3.05, 3.63) is 0 Å². The summed E-state index contributed by atoms with van der Waals surface area (Å²) in [7, 11) is 10.7. The molecule has 10 heteroatoms. The number of carbonyl (C=O) groups excluding carboxylic acids is 2. The lowest BCUT2D eigenvalue weighted by atomic mass is 10.3. The molecule has 0 aromatic rings. The second-order valence-electron chi connectivity index (χ2n) is 5.97. The second-order valence-corrected chi connectivity index (χ2v) is 8.52. The van der Waals surface area contributed by atoms with Gasteiger partial charge in [-0.2, -0.15) is 0 Å². The van der Waals surface area contributed by atoms with Crippen LogP contribution in [0.4, 0.5) is 0 Å². The first-order chi connectivity index (χ1) is 11.2. The van der Waals surface area contributed by atoms with Gasteiger partial charge < -0.3 is 31.9 Å². The highest BCUT2D eigenvalue weighted by molar-refractivity contribution is 8.76. The highest BCUT2D eigenvalue weighted by Gasteiger charge is 2.16. The fourth-order valence-corrected chi connectivity index (χ4v) is 3.71. The molecule has 6 N–H and O–H groups in total. The summed E-state index contributed by atoms with van der Waals surface area (Å²) in [5, 5.41) is 5.59. The third-order valence-electron chi connectivity index (χ3n) is 2.97. The number of nitrogens with two attached hydrogens (primary N) is 2. The van der Waals surface area contributed by atoms with E-state index < -0.39 is 12.1 Å². The number of hydrogen-bond donors (Lipinski definition) is 4. The maximum absolute atomic E-state index is 11.8. The number of carbonyl (C=O) groups is 2. The molecule has 0 rings (SSSR count). The zero-order chi connectivity index (χ0) is 18.5. The molecular weight excluding hydrogens is 348 g/mol. The molecule has 142 valence electrons. The minimum Gasteiger partial charge on any atom is -0.353 e. The van der Waals surface area contributed by atoms with Crippen molar-refractivity contribution in [1.29, 1.82) is 0 Å². The van der Waals surface area contributed by atoms with Gasteiger partial charge in [-0.3, -0.25) is 9.59 Å². The van der Waals surface area contributed by atoms with Crippen LogP contribution in [0, 0.1) is 0 Å². The van der Waals surface area contributed by atoms with Crippen molar-refractivity contribution in [2.75, 3.05) is 65.9 Å². The molecule has 0 bridgehead atoms. The molecule has 0 fully saturated rings. The van der Waals surface area contributed by atoms with Crippen LogP contribution in [-0.2, 0) is 9.59 Å². The SMILES string of the molecule is CN(C)CCNC(=O)C(N)CSSCC(N)C(=O)NCCN(C)C. The normalized spacial score (nSPS) is 13.8. The molecule has 0 aromatic carbocycles. The highest BCUT2D eigenvalue weighted by Crippen LogP contribution is 2.22. The lowest BCUT2D eigenvalue weighted by molar-refractivity contribution is -0.122. The maximum atomic E-state index is 11.8. The van der Waals surface area contributed by atoms with Crippen LogP contribution in [0.5, 0.6) is 0 Å². The molecular formula is C14H32N6O2S2. The van der Waals surface area contributed by atoms with Gasteiger partial charge in [-0.1, -0.05) is 21.6 Å². The summed E-state index contributed by atoms with van der Waals surface area (Å²) >= 11 is 0. The largest absolute Gasteiger partial charge is 0.353 e. The first-order valence-electron chi connectivity index (χ1n) is 7.84. The standard InChI is InChI=1S/C14H32N6O2S2/c1-19(2)7-5-17-13(21)11(15)9-23-24-10-12(16)14(22)18-6-8-20(3)4/h11-12H,5-10,15-16H2,1-4H3,(H,17,21)(H,18,22). The van der Waals surface area contributed by atoms with Gasteiger partial charge in [0.2, 0.25) is 11.8 Å². The smallest absolute Gasteiger partial charge is 0.237 e. The van der Waals surface area contributed by atoms with E-state index in [2.05, 4.69) is 10.6 Å². The molecule has 0 aliphatic heterocycles. The third kappa shape index (κ3) is 12.8. The van der Waals surface area contributed by atoms with Gasteiger partial charge in [0.25, 0.3) is 0 Å². The zero-order valence-corrected chi connectivity index (χ0v) is 16.7. The first-order valence-corrected chi connectivity index (χ1v) is 10.3. The van der Waals surface area contributed by atoms with Crippen molar-refractivity contribution >= 4 is 33.4 Å². The Kier molecular flexibility index (Phi) is 13.4. The average Bonchev–Trinajstić information content (AvgIpc) is 2.49. The van der Waals surface area contributed by atoms with E-state index in [0.717, 1.165) is 13.1 Å².